The second-order valence-corrected chi connectivity index (χ2v) is 13.1. The minimum absolute atomic E-state index is 0.0147. The van der Waals surface area contributed by atoms with E-state index in [9.17, 15) is 4.79 Å². The van der Waals surface area contributed by atoms with Crippen molar-refractivity contribution in [1.82, 2.24) is 0 Å². The molecule has 0 radical (unpaired) electrons. The van der Waals surface area contributed by atoms with Crippen LogP contribution in [0.1, 0.15) is 45.4 Å². The van der Waals surface area contributed by atoms with Crippen molar-refractivity contribution in [2.45, 2.75) is 45.4 Å². The average molecular weight is 234 g/mol. The van der Waals surface area contributed by atoms with Crippen LogP contribution in [0.3, 0.4) is 0 Å². The maximum atomic E-state index is 11.5. The number of carbonyl (C=O) groups is 1. The zero-order valence-corrected chi connectivity index (χ0v) is 11.9. The number of rotatable bonds is 7. The van der Waals surface area contributed by atoms with Crippen molar-refractivity contribution in [2.75, 3.05) is 26.7 Å². The molecule has 0 saturated carbocycles. The predicted octanol–water partition coefficient (Wildman–Crippen LogP) is 3.88. The molecule has 0 aliphatic rings. The summed E-state index contributed by atoms with van der Waals surface area (Å²) < 4.78 is 5.52. The van der Waals surface area contributed by atoms with Crippen LogP contribution in [-0.4, -0.2) is 32.6 Å². The molecule has 15 heavy (non-hydrogen) atoms. The molecule has 0 rings (SSSR count). The van der Waals surface area contributed by atoms with E-state index in [0.717, 1.165) is 12.8 Å². The van der Waals surface area contributed by atoms with Crippen molar-refractivity contribution >= 4 is 12.8 Å². The summed E-state index contributed by atoms with van der Waals surface area (Å²) in [6, 6.07) is 0. The molecule has 0 aromatic carbocycles. The van der Waals surface area contributed by atoms with Crippen molar-refractivity contribution in [3.8, 4) is 0 Å². The Hall–Kier alpha value is -0.100. The summed E-state index contributed by atoms with van der Waals surface area (Å²) in [4.78, 5) is 11.5. The van der Waals surface area contributed by atoms with E-state index >= 15 is 0 Å². The molecule has 0 atom stereocenters. The van der Waals surface area contributed by atoms with Crippen molar-refractivity contribution in [3.05, 3.63) is 0 Å². The molecule has 0 amide bonds. The fourth-order valence-electron chi connectivity index (χ4n) is 1.33. The molecule has 0 unspecified atom stereocenters. The molecule has 3 heteroatoms. The third kappa shape index (κ3) is 11.8. The second-order valence-electron chi connectivity index (χ2n) is 6.04. The molecular formula is C12H27O2P. The summed E-state index contributed by atoms with van der Waals surface area (Å²) in [5.41, 5.74) is 0. The summed E-state index contributed by atoms with van der Waals surface area (Å²) in [6.45, 7) is 8.32. The molecule has 0 aromatic heterocycles. The molecule has 0 aromatic rings. The van der Waals surface area contributed by atoms with E-state index in [1.54, 1.807) is 0 Å². The summed E-state index contributed by atoms with van der Waals surface area (Å²) in [7, 11) is 0. The van der Waals surface area contributed by atoms with E-state index in [0.29, 0.717) is 6.42 Å². The van der Waals surface area contributed by atoms with E-state index in [2.05, 4.69) is 33.6 Å². The Morgan fingerprint density at radius 2 is 1.53 bits per heavy atom. The summed E-state index contributed by atoms with van der Waals surface area (Å²) >= 11 is 0. The van der Waals surface area contributed by atoms with E-state index in [1.165, 1.54) is 19.3 Å². The maximum absolute atomic E-state index is 11.5. The third-order valence-electron chi connectivity index (χ3n) is 1.95. The van der Waals surface area contributed by atoms with Gasteiger partial charge in [-0.3, -0.25) is 0 Å². The first kappa shape index (κ1) is 14.9. The van der Waals surface area contributed by atoms with Gasteiger partial charge in [-0.25, -0.2) is 0 Å². The van der Waals surface area contributed by atoms with Crippen molar-refractivity contribution < 1.29 is 9.32 Å². The molecule has 0 aliphatic heterocycles. The van der Waals surface area contributed by atoms with Crippen molar-refractivity contribution in [3.63, 3.8) is 0 Å². The van der Waals surface area contributed by atoms with Gasteiger partial charge in [0.25, 0.3) is 0 Å². The fourth-order valence-corrected chi connectivity index (χ4v) is 2.23. The van der Waals surface area contributed by atoms with Gasteiger partial charge in [0.05, 0.1) is 0 Å². The summed E-state index contributed by atoms with van der Waals surface area (Å²) in [5.74, 6) is -0.0147. The van der Waals surface area contributed by atoms with Gasteiger partial charge in [0.1, 0.15) is 0 Å². The standard InChI is InChI=1S/C12H27O2P/c1-6-7-8-9-10-11-12(13)14-15(2,3,4)5/h6-11H2,1-5H3. The monoisotopic (exact) mass is 234 g/mol. The normalized spacial score (nSPS) is 14.3. The number of hydrogen-bond acceptors (Lipinski definition) is 2. The molecule has 0 heterocycles. The number of hydrogen-bond donors (Lipinski definition) is 0. The first-order valence-electron chi connectivity index (χ1n) is 5.94. The Bertz CT molecular complexity index is 194. The average Bonchev–Trinajstić information content (AvgIpc) is 1.99. The van der Waals surface area contributed by atoms with Gasteiger partial charge in [-0.05, 0) is 0 Å². The van der Waals surface area contributed by atoms with Crippen LogP contribution in [0.15, 0.2) is 0 Å². The first-order valence-corrected chi connectivity index (χ1v) is 9.88. The van der Waals surface area contributed by atoms with Crippen LogP contribution in [0, 0.1) is 0 Å². The van der Waals surface area contributed by atoms with Crippen molar-refractivity contribution in [2.24, 2.45) is 0 Å². The van der Waals surface area contributed by atoms with Crippen LogP contribution in [-0.2, 0) is 9.32 Å². The molecule has 92 valence electrons. The molecule has 0 saturated heterocycles. The summed E-state index contributed by atoms with van der Waals surface area (Å²) in [6.07, 6.45) is 6.48. The molecule has 0 N–H and O–H groups in total. The van der Waals surface area contributed by atoms with Gasteiger partial charge in [-0.1, -0.05) is 0 Å². The van der Waals surface area contributed by atoms with Gasteiger partial charge in [0.15, 0.2) is 0 Å². The molecular weight excluding hydrogens is 207 g/mol. The van der Waals surface area contributed by atoms with Crippen LogP contribution >= 0.6 is 6.83 Å². The Morgan fingerprint density at radius 3 is 2.00 bits per heavy atom. The second kappa shape index (κ2) is 5.84. The first-order chi connectivity index (χ1) is 6.71. The van der Waals surface area contributed by atoms with E-state index < -0.39 is 6.83 Å². The van der Waals surface area contributed by atoms with Crippen LogP contribution in [0.5, 0.6) is 0 Å². The predicted molar refractivity (Wildman–Crippen MR) is 70.1 cm³/mol. The topological polar surface area (TPSA) is 26.3 Å². The molecule has 2 nitrogen and oxygen atoms in total. The van der Waals surface area contributed by atoms with Crippen LogP contribution in [0.25, 0.3) is 0 Å². The molecule has 0 aliphatic carbocycles. The van der Waals surface area contributed by atoms with Gasteiger partial charge >= 0.3 is 94.2 Å². The Labute approximate surface area is 94.8 Å². The third-order valence-corrected chi connectivity index (χ3v) is 2.89. The van der Waals surface area contributed by atoms with E-state index in [1.807, 2.05) is 0 Å². The molecule has 0 bridgehead atoms. The SMILES string of the molecule is CCCCCCCC(=O)OP(C)(C)(C)C. The fraction of sp³-hybridized carbons (Fsp3) is 0.917. The van der Waals surface area contributed by atoms with Gasteiger partial charge in [0.2, 0.25) is 0 Å². The van der Waals surface area contributed by atoms with Crippen molar-refractivity contribution in [1.29, 1.82) is 0 Å². The molecule has 0 spiro atoms. The van der Waals surface area contributed by atoms with Gasteiger partial charge in [-0.2, -0.15) is 0 Å². The quantitative estimate of drug-likeness (QED) is 0.493. The van der Waals surface area contributed by atoms with Gasteiger partial charge < -0.3 is 0 Å². The summed E-state index contributed by atoms with van der Waals surface area (Å²) in [5, 5.41) is 0. The number of unbranched alkanes of at least 4 members (excludes halogenated alkanes) is 4. The zero-order valence-electron chi connectivity index (χ0n) is 11.0. The Balaban J connectivity index is 3.60. The van der Waals surface area contributed by atoms with E-state index in [4.69, 9.17) is 4.52 Å². The van der Waals surface area contributed by atoms with Crippen LogP contribution < -0.4 is 0 Å². The molecule has 0 fully saturated rings. The minimum atomic E-state index is -2.10. The Kier molecular flexibility index (Phi) is 5.80. The Morgan fingerprint density at radius 1 is 1.00 bits per heavy atom. The van der Waals surface area contributed by atoms with Gasteiger partial charge in [-0.15, -0.1) is 0 Å². The number of carbonyl (C=O) groups excluding carboxylic acids is 1. The zero-order chi connectivity index (χ0) is 12.0. The van der Waals surface area contributed by atoms with Crippen LogP contribution in [0.4, 0.5) is 0 Å². The van der Waals surface area contributed by atoms with Gasteiger partial charge in [0, 0.05) is 0 Å². The van der Waals surface area contributed by atoms with Crippen LogP contribution in [0.2, 0.25) is 0 Å². The van der Waals surface area contributed by atoms with E-state index in [-0.39, 0.29) is 5.97 Å².